The molecule has 3 rings (SSSR count). The van der Waals surface area contributed by atoms with Crippen LogP contribution in [0.25, 0.3) is 0 Å². The number of hydrogen-bond donors (Lipinski definition) is 3. The van der Waals surface area contributed by atoms with Crippen molar-refractivity contribution in [2.24, 2.45) is 0 Å². The molecule has 1 atom stereocenters. The van der Waals surface area contributed by atoms with Gasteiger partial charge in [0.15, 0.2) is 0 Å². The second-order valence-electron chi connectivity index (χ2n) is 7.07. The van der Waals surface area contributed by atoms with E-state index < -0.39 is 5.60 Å². The molecule has 0 spiro atoms. The number of aromatic hydroxyl groups is 1. The Balaban J connectivity index is 1.50. The Morgan fingerprint density at radius 3 is 2.58 bits per heavy atom. The van der Waals surface area contributed by atoms with Crippen LogP contribution in [-0.4, -0.2) is 52.8 Å². The molecule has 1 saturated heterocycles. The van der Waals surface area contributed by atoms with E-state index in [2.05, 4.69) is 22.3 Å². The Hall–Kier alpha value is -2.37. The fourth-order valence-corrected chi connectivity index (χ4v) is 3.43. The minimum absolute atomic E-state index is 0.126. The van der Waals surface area contributed by atoms with E-state index in [-0.39, 0.29) is 18.2 Å². The number of benzene rings is 2. The average molecular weight is 354 g/mol. The summed E-state index contributed by atoms with van der Waals surface area (Å²) in [5.41, 5.74) is 0.868. The van der Waals surface area contributed by atoms with Gasteiger partial charge in [-0.05, 0) is 55.6 Å². The fraction of sp³-hybridized carbons (Fsp3) is 0.381. The number of amides is 1. The first-order chi connectivity index (χ1) is 12.5. The third kappa shape index (κ3) is 5.07. The van der Waals surface area contributed by atoms with Gasteiger partial charge in [-0.3, -0.25) is 4.79 Å². The molecule has 1 amide bonds. The van der Waals surface area contributed by atoms with Gasteiger partial charge in [0.25, 0.3) is 5.91 Å². The minimum atomic E-state index is -0.901. The third-order valence-corrected chi connectivity index (χ3v) is 4.90. The van der Waals surface area contributed by atoms with Crippen molar-refractivity contribution in [1.82, 2.24) is 10.2 Å². The number of aliphatic hydroxyl groups is 1. The molecule has 1 unspecified atom stereocenters. The molecule has 5 heteroatoms. The van der Waals surface area contributed by atoms with E-state index in [1.807, 2.05) is 18.2 Å². The summed E-state index contributed by atoms with van der Waals surface area (Å²) in [5.74, 6) is -0.110. The smallest absolute Gasteiger partial charge is 0.251 e. The first-order valence-corrected chi connectivity index (χ1v) is 9.10. The van der Waals surface area contributed by atoms with Gasteiger partial charge in [-0.15, -0.1) is 0 Å². The third-order valence-electron chi connectivity index (χ3n) is 4.90. The lowest BCUT2D eigenvalue weighted by Gasteiger charge is -2.39. The molecule has 26 heavy (non-hydrogen) atoms. The van der Waals surface area contributed by atoms with Crippen molar-refractivity contribution in [2.45, 2.75) is 24.9 Å². The van der Waals surface area contributed by atoms with Gasteiger partial charge in [-0.1, -0.05) is 30.3 Å². The van der Waals surface area contributed by atoms with Gasteiger partial charge >= 0.3 is 0 Å². The van der Waals surface area contributed by atoms with Crippen molar-refractivity contribution < 1.29 is 15.0 Å². The summed E-state index contributed by atoms with van der Waals surface area (Å²) in [4.78, 5) is 14.5. The average Bonchev–Trinajstić information content (AvgIpc) is 2.66. The molecule has 2 aromatic carbocycles. The van der Waals surface area contributed by atoms with Gasteiger partial charge in [-0.25, -0.2) is 0 Å². The van der Waals surface area contributed by atoms with Crippen molar-refractivity contribution in [1.29, 1.82) is 0 Å². The number of nitrogens with zero attached hydrogens (tertiary/aromatic N) is 1. The number of likely N-dealkylation sites (tertiary alicyclic amines) is 1. The fourth-order valence-electron chi connectivity index (χ4n) is 3.43. The zero-order valence-corrected chi connectivity index (χ0v) is 14.9. The number of nitrogens with one attached hydrogen (secondary N) is 1. The molecule has 0 bridgehead atoms. The predicted molar refractivity (Wildman–Crippen MR) is 101 cm³/mol. The zero-order valence-electron chi connectivity index (χ0n) is 14.9. The minimum Gasteiger partial charge on any atom is -0.508 e. The van der Waals surface area contributed by atoms with E-state index in [4.69, 9.17) is 0 Å². The molecule has 0 saturated carbocycles. The Kier molecular flexibility index (Phi) is 5.91. The summed E-state index contributed by atoms with van der Waals surface area (Å²) in [6.07, 6.45) is 2.56. The van der Waals surface area contributed by atoms with Crippen LogP contribution in [0.2, 0.25) is 0 Å². The van der Waals surface area contributed by atoms with E-state index in [1.165, 1.54) is 17.7 Å². The van der Waals surface area contributed by atoms with Crippen molar-refractivity contribution in [3.8, 4) is 5.75 Å². The first kappa shape index (κ1) is 18.4. The topological polar surface area (TPSA) is 72.8 Å². The van der Waals surface area contributed by atoms with Crippen molar-refractivity contribution in [2.75, 3.05) is 26.2 Å². The van der Waals surface area contributed by atoms with Gasteiger partial charge in [0.1, 0.15) is 5.75 Å². The van der Waals surface area contributed by atoms with Gasteiger partial charge in [0, 0.05) is 25.2 Å². The summed E-state index contributed by atoms with van der Waals surface area (Å²) in [5, 5.41) is 23.0. The number of phenols is 1. The number of carbonyl (C=O) groups is 1. The Morgan fingerprint density at radius 2 is 1.85 bits per heavy atom. The second-order valence-corrected chi connectivity index (χ2v) is 7.07. The lowest BCUT2D eigenvalue weighted by atomic mass is 9.92. The lowest BCUT2D eigenvalue weighted by Crippen LogP contribution is -2.54. The van der Waals surface area contributed by atoms with Crippen LogP contribution in [0.15, 0.2) is 54.6 Å². The van der Waals surface area contributed by atoms with Crippen molar-refractivity contribution in [3.63, 3.8) is 0 Å². The van der Waals surface area contributed by atoms with Crippen LogP contribution < -0.4 is 5.32 Å². The van der Waals surface area contributed by atoms with Crippen LogP contribution in [-0.2, 0) is 6.42 Å². The van der Waals surface area contributed by atoms with Crippen LogP contribution in [0.5, 0.6) is 5.75 Å². The molecule has 0 aromatic heterocycles. The van der Waals surface area contributed by atoms with E-state index in [0.717, 1.165) is 25.9 Å². The number of phenolic OH excluding ortho intramolecular Hbond substituents is 1. The number of rotatable bonds is 6. The summed E-state index contributed by atoms with van der Waals surface area (Å²) in [6, 6.07) is 16.4. The summed E-state index contributed by atoms with van der Waals surface area (Å²) < 4.78 is 0. The van der Waals surface area contributed by atoms with E-state index in [9.17, 15) is 15.0 Å². The lowest BCUT2D eigenvalue weighted by molar-refractivity contribution is -0.0279. The Morgan fingerprint density at radius 1 is 1.12 bits per heavy atom. The van der Waals surface area contributed by atoms with Crippen molar-refractivity contribution >= 4 is 5.91 Å². The monoisotopic (exact) mass is 354 g/mol. The normalized spacial score (nSPS) is 20.7. The van der Waals surface area contributed by atoms with Crippen LogP contribution in [0.4, 0.5) is 0 Å². The largest absolute Gasteiger partial charge is 0.508 e. The van der Waals surface area contributed by atoms with E-state index in [1.54, 1.807) is 12.1 Å². The van der Waals surface area contributed by atoms with Crippen LogP contribution in [0.3, 0.4) is 0 Å². The molecule has 1 aliphatic rings. The molecule has 5 nitrogen and oxygen atoms in total. The Bertz CT molecular complexity index is 718. The van der Waals surface area contributed by atoms with E-state index in [0.29, 0.717) is 18.5 Å². The van der Waals surface area contributed by atoms with Crippen LogP contribution in [0.1, 0.15) is 28.8 Å². The maximum atomic E-state index is 12.2. The highest BCUT2D eigenvalue weighted by Gasteiger charge is 2.33. The molecule has 1 aliphatic heterocycles. The molecule has 1 fully saturated rings. The highest BCUT2D eigenvalue weighted by atomic mass is 16.3. The Labute approximate surface area is 154 Å². The van der Waals surface area contributed by atoms with Crippen LogP contribution >= 0.6 is 0 Å². The van der Waals surface area contributed by atoms with E-state index >= 15 is 0 Å². The molecule has 0 aliphatic carbocycles. The van der Waals surface area contributed by atoms with Crippen LogP contribution in [0, 0.1) is 0 Å². The number of β-amino-alcohol motifs (C(OH)–C–C–N with tert-alkyl or cyclic N) is 1. The molecule has 138 valence electrons. The predicted octanol–water partition coefficient (Wildman–Crippen LogP) is 2.19. The quantitative estimate of drug-likeness (QED) is 0.744. The van der Waals surface area contributed by atoms with Gasteiger partial charge in [0.05, 0.1) is 5.60 Å². The standard InChI is InChI=1S/C21H26N2O3/c24-19-9-7-18(8-10-19)20(25)22-15-21(26)12-4-13-23(16-21)14-11-17-5-2-1-3-6-17/h1-3,5-10,24,26H,4,11-16H2,(H,22,25). The molecule has 3 N–H and O–H groups in total. The highest BCUT2D eigenvalue weighted by Crippen LogP contribution is 2.21. The SMILES string of the molecule is O=C(NCC1(O)CCCN(CCc2ccccc2)C1)c1ccc(O)cc1. The number of hydrogen-bond acceptors (Lipinski definition) is 4. The highest BCUT2D eigenvalue weighted by molar-refractivity contribution is 5.94. The summed E-state index contributed by atoms with van der Waals surface area (Å²) >= 11 is 0. The van der Waals surface area contributed by atoms with Gasteiger partial charge in [0.2, 0.25) is 0 Å². The molecular weight excluding hydrogens is 328 g/mol. The number of carbonyl (C=O) groups excluding carboxylic acids is 1. The van der Waals surface area contributed by atoms with Gasteiger partial charge in [-0.2, -0.15) is 0 Å². The molecular formula is C21H26N2O3. The zero-order chi connectivity index (χ0) is 18.4. The molecule has 2 aromatic rings. The number of piperidine rings is 1. The van der Waals surface area contributed by atoms with Crippen molar-refractivity contribution in [3.05, 3.63) is 65.7 Å². The maximum Gasteiger partial charge on any atom is 0.251 e. The maximum absolute atomic E-state index is 12.2. The molecule has 0 radical (unpaired) electrons. The molecule has 1 heterocycles. The summed E-state index contributed by atoms with van der Waals surface area (Å²) in [7, 11) is 0. The second kappa shape index (κ2) is 8.34. The summed E-state index contributed by atoms with van der Waals surface area (Å²) in [6.45, 7) is 2.67. The van der Waals surface area contributed by atoms with Gasteiger partial charge < -0.3 is 20.4 Å². The first-order valence-electron chi connectivity index (χ1n) is 9.10.